The molecule has 1 heterocycles. The number of hydrogen-bond acceptors (Lipinski definition) is 7. The zero-order valence-electron chi connectivity index (χ0n) is 24.3. The van der Waals surface area contributed by atoms with Crippen LogP contribution in [0, 0.1) is 0 Å². The Kier molecular flexibility index (Phi) is 12.2. The van der Waals surface area contributed by atoms with Crippen LogP contribution in [0.3, 0.4) is 0 Å². The lowest BCUT2D eigenvalue weighted by Gasteiger charge is -2.21. The Morgan fingerprint density at radius 1 is 0.975 bits per heavy atom. The van der Waals surface area contributed by atoms with Crippen LogP contribution < -0.4 is 9.46 Å². The number of carbonyl (C=O) groups excluding carboxylic acids is 2. The first kappa shape index (κ1) is 31.8. The fraction of sp³-hybridized carbons (Fsp3) is 0.548. The number of benzene rings is 1. The Labute approximate surface area is 239 Å². The third-order valence-electron chi connectivity index (χ3n) is 6.96. The number of fused-ring (bicyclic) bond motifs is 1. The van der Waals surface area contributed by atoms with Crippen molar-refractivity contribution < 1.29 is 27.2 Å². The van der Waals surface area contributed by atoms with Gasteiger partial charge in [-0.3, -0.25) is 9.59 Å². The number of nitrogens with one attached hydrogen (secondary N) is 1. The van der Waals surface area contributed by atoms with E-state index in [0.717, 1.165) is 45.2 Å². The molecule has 3 rings (SSSR count). The fourth-order valence-corrected chi connectivity index (χ4v) is 5.43. The zero-order valence-corrected chi connectivity index (χ0v) is 25.1. The third-order valence-corrected chi connectivity index (χ3v) is 7.64. The molecule has 0 radical (unpaired) electrons. The number of Topliss-reactive ketones (excluding diaryl/α,β-unsaturated/α-hetero) is 1. The van der Waals surface area contributed by atoms with Gasteiger partial charge in [-0.1, -0.05) is 46.1 Å². The quantitative estimate of drug-likeness (QED) is 0.182. The van der Waals surface area contributed by atoms with E-state index < -0.39 is 21.8 Å². The highest BCUT2D eigenvalue weighted by atomic mass is 32.2. The number of sulfonamides is 1. The molecule has 1 aliphatic carbocycles. The highest BCUT2D eigenvalue weighted by Gasteiger charge is 2.35. The lowest BCUT2D eigenvalue weighted by atomic mass is 9.90. The van der Waals surface area contributed by atoms with Gasteiger partial charge in [-0.15, -0.1) is 0 Å². The van der Waals surface area contributed by atoms with Crippen molar-refractivity contribution in [1.29, 1.82) is 0 Å². The van der Waals surface area contributed by atoms with Gasteiger partial charge in [-0.05, 0) is 69.1 Å². The van der Waals surface area contributed by atoms with Crippen molar-refractivity contribution in [3.63, 3.8) is 0 Å². The number of rotatable bonds is 18. The fourth-order valence-electron chi connectivity index (χ4n) is 4.79. The number of hydrogen-bond donors (Lipinski definition) is 1. The van der Waals surface area contributed by atoms with Gasteiger partial charge in [0.2, 0.25) is 10.0 Å². The van der Waals surface area contributed by atoms with E-state index in [1.165, 1.54) is 31.8 Å². The van der Waals surface area contributed by atoms with Crippen LogP contribution >= 0.6 is 0 Å². The molecule has 1 aromatic heterocycles. The van der Waals surface area contributed by atoms with Crippen LogP contribution in [-0.2, 0) is 16.4 Å². The topological polar surface area (TPSA) is 106 Å². The third kappa shape index (κ3) is 8.88. The molecule has 0 saturated carbocycles. The predicted molar refractivity (Wildman–Crippen MR) is 159 cm³/mol. The molecule has 1 atom stereocenters. The molecule has 2 aromatic rings. The molecule has 0 fully saturated rings. The van der Waals surface area contributed by atoms with Crippen molar-refractivity contribution in [3.05, 3.63) is 58.6 Å². The van der Waals surface area contributed by atoms with Gasteiger partial charge in [0.1, 0.15) is 23.3 Å². The first-order valence-electron chi connectivity index (χ1n) is 14.5. The molecule has 1 N–H and O–H groups in total. The second-order valence-corrected chi connectivity index (χ2v) is 12.2. The Morgan fingerprint density at radius 2 is 1.60 bits per heavy atom. The molecular weight excluding hydrogens is 528 g/mol. The number of ketones is 2. The maximum atomic E-state index is 13.7. The summed E-state index contributed by atoms with van der Waals surface area (Å²) in [5, 5.41) is 0. The van der Waals surface area contributed by atoms with Crippen LogP contribution in [0.1, 0.15) is 104 Å². The van der Waals surface area contributed by atoms with Crippen molar-refractivity contribution >= 4 is 27.7 Å². The summed E-state index contributed by atoms with van der Waals surface area (Å²) in [6.07, 6.45) is 11.9. The lowest BCUT2D eigenvalue weighted by molar-refractivity contribution is 0.0957. The van der Waals surface area contributed by atoms with Gasteiger partial charge in [-0.2, -0.15) is 0 Å². The van der Waals surface area contributed by atoms with Crippen molar-refractivity contribution in [2.75, 3.05) is 32.5 Å². The van der Waals surface area contributed by atoms with Crippen LogP contribution in [0.5, 0.6) is 5.75 Å². The number of carbonyl (C=O) groups is 2. The maximum Gasteiger partial charge on any atom is 0.209 e. The number of unbranched alkanes of at least 4 members (excludes halogenated alkanes) is 3. The largest absolute Gasteiger partial charge is 0.494 e. The molecule has 0 saturated heterocycles. The summed E-state index contributed by atoms with van der Waals surface area (Å²) in [5.74, 6) is 0.599. The van der Waals surface area contributed by atoms with E-state index >= 15 is 0 Å². The van der Waals surface area contributed by atoms with Gasteiger partial charge in [0.15, 0.2) is 11.6 Å². The standard InChI is InChI=1S/C31H44N2O6S/c1-5-8-12-26-28(29-27(39-26)18-17-25(31(29)35)32-40(4,36)37)30(34)23-13-15-24(16-14-23)38-22-11-21-33(19-9-6-2)20-10-7-3/h13-18,25,32H,5-12,19-22H2,1-4H3. The minimum atomic E-state index is -3.63. The van der Waals surface area contributed by atoms with Crippen LogP contribution in [-0.4, -0.2) is 63.4 Å². The lowest BCUT2D eigenvalue weighted by Crippen LogP contribution is -2.40. The Morgan fingerprint density at radius 3 is 2.20 bits per heavy atom. The Hall–Kier alpha value is -2.75. The summed E-state index contributed by atoms with van der Waals surface area (Å²) in [6, 6.07) is 5.86. The summed E-state index contributed by atoms with van der Waals surface area (Å²) in [5.41, 5.74) is 0.760. The Balaban J connectivity index is 1.71. The molecule has 8 nitrogen and oxygen atoms in total. The van der Waals surface area contributed by atoms with E-state index in [1.54, 1.807) is 30.3 Å². The molecule has 1 unspecified atom stereocenters. The minimum Gasteiger partial charge on any atom is -0.494 e. The monoisotopic (exact) mass is 572 g/mol. The van der Waals surface area contributed by atoms with Crippen LogP contribution in [0.25, 0.3) is 6.08 Å². The van der Waals surface area contributed by atoms with Crippen molar-refractivity contribution in [2.24, 2.45) is 0 Å². The summed E-state index contributed by atoms with van der Waals surface area (Å²) in [6.45, 7) is 10.3. The first-order valence-corrected chi connectivity index (χ1v) is 16.4. The summed E-state index contributed by atoms with van der Waals surface area (Å²) in [7, 11) is -3.63. The second kappa shape index (κ2) is 15.3. The highest BCUT2D eigenvalue weighted by Crippen LogP contribution is 2.32. The predicted octanol–water partition coefficient (Wildman–Crippen LogP) is 5.65. The number of ether oxygens (including phenoxy) is 1. The van der Waals surface area contributed by atoms with Crippen LogP contribution in [0.4, 0.5) is 0 Å². The Bertz CT molecular complexity index is 1260. The average molecular weight is 573 g/mol. The molecule has 0 aliphatic heterocycles. The molecule has 0 bridgehead atoms. The van der Waals surface area contributed by atoms with Crippen molar-refractivity contribution in [1.82, 2.24) is 9.62 Å². The van der Waals surface area contributed by atoms with E-state index in [2.05, 4.69) is 23.5 Å². The van der Waals surface area contributed by atoms with E-state index in [0.29, 0.717) is 30.1 Å². The summed E-state index contributed by atoms with van der Waals surface area (Å²) in [4.78, 5) is 29.5. The van der Waals surface area contributed by atoms with E-state index in [9.17, 15) is 18.0 Å². The number of aryl methyl sites for hydroxylation is 1. The maximum absolute atomic E-state index is 13.7. The minimum absolute atomic E-state index is 0.135. The van der Waals surface area contributed by atoms with Gasteiger partial charge < -0.3 is 14.1 Å². The molecule has 9 heteroatoms. The number of nitrogens with zero attached hydrogens (tertiary/aromatic N) is 1. The first-order chi connectivity index (χ1) is 19.2. The van der Waals surface area contributed by atoms with E-state index in [-0.39, 0.29) is 22.7 Å². The van der Waals surface area contributed by atoms with Gasteiger partial charge in [0.05, 0.1) is 24.0 Å². The molecule has 0 spiro atoms. The van der Waals surface area contributed by atoms with Gasteiger partial charge in [-0.25, -0.2) is 13.1 Å². The van der Waals surface area contributed by atoms with E-state index in [4.69, 9.17) is 9.15 Å². The molecule has 1 aromatic carbocycles. The molecule has 220 valence electrons. The van der Waals surface area contributed by atoms with Crippen molar-refractivity contribution in [3.8, 4) is 5.75 Å². The zero-order chi connectivity index (χ0) is 29.1. The summed E-state index contributed by atoms with van der Waals surface area (Å²) < 4.78 is 37.8. The van der Waals surface area contributed by atoms with Gasteiger partial charge in [0.25, 0.3) is 0 Å². The summed E-state index contributed by atoms with van der Waals surface area (Å²) >= 11 is 0. The van der Waals surface area contributed by atoms with E-state index in [1.807, 2.05) is 6.92 Å². The molecular formula is C31H44N2O6S. The van der Waals surface area contributed by atoms with Gasteiger partial charge in [0, 0.05) is 18.5 Å². The van der Waals surface area contributed by atoms with Crippen molar-refractivity contribution in [2.45, 2.75) is 78.2 Å². The molecule has 0 amide bonds. The average Bonchev–Trinajstić information content (AvgIpc) is 3.30. The van der Waals surface area contributed by atoms with Crippen LogP contribution in [0.15, 0.2) is 34.8 Å². The smallest absolute Gasteiger partial charge is 0.209 e. The number of furan rings is 1. The van der Waals surface area contributed by atoms with Crippen LogP contribution in [0.2, 0.25) is 0 Å². The highest BCUT2D eigenvalue weighted by molar-refractivity contribution is 7.88. The molecule has 40 heavy (non-hydrogen) atoms. The SMILES string of the molecule is CCCCc1oc2c(c1C(=O)c1ccc(OCCCN(CCCC)CCCC)cc1)C(=O)C(NS(C)(=O)=O)C=C2. The normalized spacial score (nSPS) is 15.0. The second-order valence-electron chi connectivity index (χ2n) is 10.4. The molecule has 1 aliphatic rings. The van der Waals surface area contributed by atoms with Gasteiger partial charge >= 0.3 is 0 Å².